The zero-order chi connectivity index (χ0) is 26.5. The van der Waals surface area contributed by atoms with Crippen molar-refractivity contribution in [3.05, 3.63) is 83.6 Å². The Bertz CT molecular complexity index is 2060. The van der Waals surface area contributed by atoms with Crippen LogP contribution in [0.2, 0.25) is 0 Å². The van der Waals surface area contributed by atoms with Crippen molar-refractivity contribution in [1.82, 2.24) is 9.38 Å². The van der Waals surface area contributed by atoms with E-state index in [0.29, 0.717) is 0 Å². The molecule has 1 aliphatic carbocycles. The van der Waals surface area contributed by atoms with Crippen LogP contribution in [0.5, 0.6) is 0 Å². The van der Waals surface area contributed by atoms with Gasteiger partial charge in [0.25, 0.3) is 0 Å². The summed E-state index contributed by atoms with van der Waals surface area (Å²) in [7, 11) is 0. The minimum absolute atomic E-state index is 0.259. The van der Waals surface area contributed by atoms with Gasteiger partial charge in [0, 0.05) is 27.7 Å². The zero-order valence-electron chi connectivity index (χ0n) is 23.6. The van der Waals surface area contributed by atoms with Crippen molar-refractivity contribution < 1.29 is 0 Å². The number of aromatic nitrogens is 2. The first-order chi connectivity index (χ1) is 18.9. The van der Waals surface area contributed by atoms with Crippen molar-refractivity contribution in [1.29, 1.82) is 0 Å². The van der Waals surface area contributed by atoms with Gasteiger partial charge in [0.15, 0.2) is 0 Å². The molecule has 0 unspecified atom stereocenters. The maximum atomic E-state index is 5.08. The molecular formula is C37H36N2. The highest BCUT2D eigenvalue weighted by molar-refractivity contribution is 6.29. The zero-order valence-corrected chi connectivity index (χ0v) is 23.6. The van der Waals surface area contributed by atoms with Crippen LogP contribution in [0.1, 0.15) is 63.1 Å². The van der Waals surface area contributed by atoms with Gasteiger partial charge in [-0.3, -0.25) is 4.98 Å². The monoisotopic (exact) mass is 508 g/mol. The number of hydrogen-bond acceptors (Lipinski definition) is 1. The van der Waals surface area contributed by atoms with E-state index in [1.54, 1.807) is 0 Å². The lowest BCUT2D eigenvalue weighted by molar-refractivity contribution is 0.411. The summed E-state index contributed by atoms with van der Waals surface area (Å²) in [6, 6.07) is 23.3. The first-order valence-electron chi connectivity index (χ1n) is 14.8. The summed E-state index contributed by atoms with van der Waals surface area (Å²) in [5, 5.41) is 9.40. The lowest BCUT2D eigenvalue weighted by Crippen LogP contribution is -2.09. The Balaban J connectivity index is 1.55. The van der Waals surface area contributed by atoms with Gasteiger partial charge in [0.2, 0.25) is 0 Å². The van der Waals surface area contributed by atoms with Crippen molar-refractivity contribution >= 4 is 59.8 Å². The predicted octanol–water partition coefficient (Wildman–Crippen LogP) is 10.2. The summed E-state index contributed by atoms with van der Waals surface area (Å²) in [4.78, 5) is 5.08. The van der Waals surface area contributed by atoms with Crippen LogP contribution in [0.15, 0.2) is 66.9 Å². The van der Waals surface area contributed by atoms with E-state index < -0.39 is 0 Å². The van der Waals surface area contributed by atoms with E-state index in [-0.39, 0.29) is 5.41 Å². The Labute approximate surface area is 230 Å². The molecular weight excluding hydrogens is 472 g/mol. The molecule has 1 saturated carbocycles. The van der Waals surface area contributed by atoms with E-state index in [1.165, 1.54) is 103 Å². The quantitative estimate of drug-likeness (QED) is 0.171. The van der Waals surface area contributed by atoms with Crippen LogP contribution in [0.4, 0.5) is 0 Å². The van der Waals surface area contributed by atoms with E-state index >= 15 is 0 Å². The summed E-state index contributed by atoms with van der Waals surface area (Å²) in [5.74, 6) is 0.803. The van der Waals surface area contributed by atoms with E-state index in [4.69, 9.17) is 4.98 Å². The van der Waals surface area contributed by atoms with Crippen molar-refractivity contribution in [2.75, 3.05) is 0 Å². The van der Waals surface area contributed by atoms with Crippen molar-refractivity contribution in [2.45, 2.75) is 66.2 Å². The second kappa shape index (κ2) is 8.18. The molecule has 0 N–H and O–H groups in total. The maximum Gasteiger partial charge on any atom is 0.0823 e. The largest absolute Gasteiger partial charge is 0.308 e. The lowest BCUT2D eigenvalue weighted by atomic mass is 9.87. The molecule has 39 heavy (non-hydrogen) atoms. The van der Waals surface area contributed by atoms with Gasteiger partial charge in [-0.15, -0.1) is 0 Å². The van der Waals surface area contributed by atoms with E-state index in [9.17, 15) is 0 Å². The standard InChI is InChI=1S/C37H36N2/c1-22-28-14-13-24(21-37(2,3)4)18-26(28)20-30-34-33-25(15-16-38-34)19-27(17-23-9-5-6-10-23)32-29-11-7-8-12-31(29)39(35(22)30)36(32)33/h7-8,11-16,18-20,23H,5-6,9-10,17,21H2,1-4H3. The second-order valence-corrected chi connectivity index (χ2v) is 13.4. The summed E-state index contributed by atoms with van der Waals surface area (Å²) in [5.41, 5.74) is 9.66. The van der Waals surface area contributed by atoms with Gasteiger partial charge >= 0.3 is 0 Å². The molecule has 1 fully saturated rings. The number of aryl methyl sites for hydroxylation is 1. The molecule has 0 spiro atoms. The molecule has 0 bridgehead atoms. The van der Waals surface area contributed by atoms with Crippen LogP contribution in [-0.2, 0) is 12.8 Å². The molecule has 194 valence electrons. The van der Waals surface area contributed by atoms with Gasteiger partial charge in [0.05, 0.1) is 22.1 Å². The second-order valence-electron chi connectivity index (χ2n) is 13.4. The van der Waals surface area contributed by atoms with E-state index in [2.05, 4.69) is 92.8 Å². The highest BCUT2D eigenvalue weighted by atomic mass is 14.9. The Morgan fingerprint density at radius 3 is 2.46 bits per heavy atom. The number of fused-ring (bicyclic) bond motifs is 7. The molecule has 8 rings (SSSR count). The molecule has 2 heteroatoms. The van der Waals surface area contributed by atoms with Gasteiger partial charge in [0.1, 0.15) is 0 Å². The molecule has 7 aromatic rings. The lowest BCUT2D eigenvalue weighted by Gasteiger charge is -2.20. The topological polar surface area (TPSA) is 17.3 Å². The van der Waals surface area contributed by atoms with Crippen LogP contribution in [0.25, 0.3) is 59.8 Å². The van der Waals surface area contributed by atoms with Crippen LogP contribution in [0, 0.1) is 18.3 Å². The Kier molecular flexibility index (Phi) is 4.88. The predicted molar refractivity (Wildman–Crippen MR) is 167 cm³/mol. The smallest absolute Gasteiger partial charge is 0.0823 e. The molecule has 0 amide bonds. The number of pyridine rings is 2. The minimum atomic E-state index is 0.259. The summed E-state index contributed by atoms with van der Waals surface area (Å²) >= 11 is 0. The molecule has 3 heterocycles. The molecule has 4 aromatic carbocycles. The van der Waals surface area contributed by atoms with Crippen molar-refractivity contribution in [2.24, 2.45) is 11.3 Å². The molecule has 0 saturated heterocycles. The summed E-state index contributed by atoms with van der Waals surface area (Å²) in [6.45, 7) is 9.28. The third-order valence-corrected chi connectivity index (χ3v) is 9.37. The SMILES string of the molecule is Cc1c2ccc(CC(C)(C)C)cc2cc2c3nccc4cc(CC5CCCC5)c5c6ccccc6n(c12)c5c43. The first kappa shape index (κ1) is 23.3. The van der Waals surface area contributed by atoms with Crippen LogP contribution < -0.4 is 0 Å². The number of rotatable bonds is 3. The first-order valence-corrected chi connectivity index (χ1v) is 14.8. The van der Waals surface area contributed by atoms with Gasteiger partial charge in [-0.1, -0.05) is 88.9 Å². The van der Waals surface area contributed by atoms with Crippen LogP contribution in [0.3, 0.4) is 0 Å². The van der Waals surface area contributed by atoms with E-state index in [0.717, 1.165) is 17.9 Å². The van der Waals surface area contributed by atoms with Crippen LogP contribution >= 0.6 is 0 Å². The molecule has 3 aromatic heterocycles. The third kappa shape index (κ3) is 3.43. The maximum absolute atomic E-state index is 5.08. The van der Waals surface area contributed by atoms with Crippen molar-refractivity contribution in [3.63, 3.8) is 0 Å². The Hall–Kier alpha value is -3.65. The molecule has 0 radical (unpaired) electrons. The fourth-order valence-electron chi connectivity index (χ4n) is 7.85. The minimum Gasteiger partial charge on any atom is -0.308 e. The van der Waals surface area contributed by atoms with Gasteiger partial charge in [-0.2, -0.15) is 0 Å². The Morgan fingerprint density at radius 2 is 1.64 bits per heavy atom. The molecule has 1 aliphatic rings. The highest BCUT2D eigenvalue weighted by Gasteiger charge is 2.25. The Morgan fingerprint density at radius 1 is 0.821 bits per heavy atom. The molecule has 2 nitrogen and oxygen atoms in total. The molecule has 0 aliphatic heterocycles. The number of nitrogens with zero attached hydrogens (tertiary/aromatic N) is 2. The summed E-state index contributed by atoms with van der Waals surface area (Å²) in [6.07, 6.45) is 9.78. The van der Waals surface area contributed by atoms with Crippen LogP contribution in [-0.4, -0.2) is 9.38 Å². The van der Waals surface area contributed by atoms with Gasteiger partial charge in [-0.25, -0.2) is 0 Å². The van der Waals surface area contributed by atoms with E-state index in [1.807, 2.05) is 6.20 Å². The van der Waals surface area contributed by atoms with Crippen molar-refractivity contribution in [3.8, 4) is 0 Å². The average molecular weight is 509 g/mol. The number of hydrogen-bond donors (Lipinski definition) is 0. The summed E-state index contributed by atoms with van der Waals surface area (Å²) < 4.78 is 2.59. The average Bonchev–Trinajstić information content (AvgIpc) is 3.54. The molecule has 0 atom stereocenters. The third-order valence-electron chi connectivity index (χ3n) is 9.37. The normalized spacial score (nSPS) is 15.4. The number of para-hydroxylation sites is 1. The van der Waals surface area contributed by atoms with Gasteiger partial charge in [-0.05, 0) is 82.1 Å². The highest BCUT2D eigenvalue weighted by Crippen LogP contribution is 2.45. The van der Waals surface area contributed by atoms with Gasteiger partial charge < -0.3 is 4.40 Å². The number of benzene rings is 4. The fraction of sp³-hybridized carbons (Fsp3) is 0.324. The fourth-order valence-corrected chi connectivity index (χ4v) is 7.85.